The maximum Gasteiger partial charge on any atom is 0.262 e. The second-order valence-electron chi connectivity index (χ2n) is 6.30. The summed E-state index contributed by atoms with van der Waals surface area (Å²) in [5.41, 5.74) is 2.90. The minimum atomic E-state index is -0.356. The molecule has 0 spiro atoms. The van der Waals surface area contributed by atoms with Gasteiger partial charge in [0, 0.05) is 0 Å². The monoisotopic (exact) mass is 357 g/mol. The SMILES string of the molecule is O=C1C(c2ccccc2)=C(c2ccccc2)C(=O)N1Cc1ccc(F)cc1. The molecule has 27 heavy (non-hydrogen) atoms. The average Bonchev–Trinajstić information content (AvgIpc) is 2.95. The summed E-state index contributed by atoms with van der Waals surface area (Å²) in [4.78, 5) is 27.5. The maximum atomic E-state index is 13.2. The van der Waals surface area contributed by atoms with Gasteiger partial charge < -0.3 is 0 Å². The molecule has 132 valence electrons. The highest BCUT2D eigenvalue weighted by molar-refractivity contribution is 6.48. The number of imide groups is 1. The van der Waals surface area contributed by atoms with Gasteiger partial charge in [-0.2, -0.15) is 0 Å². The first-order valence-electron chi connectivity index (χ1n) is 8.61. The first-order valence-corrected chi connectivity index (χ1v) is 8.61. The first kappa shape index (κ1) is 16.9. The van der Waals surface area contributed by atoms with Crippen molar-refractivity contribution in [3.8, 4) is 0 Å². The Hall–Kier alpha value is -3.53. The molecule has 4 rings (SSSR count). The highest BCUT2D eigenvalue weighted by atomic mass is 19.1. The Morgan fingerprint density at radius 2 is 1.07 bits per heavy atom. The molecule has 0 aliphatic carbocycles. The Kier molecular flexibility index (Phi) is 4.38. The summed E-state index contributed by atoms with van der Waals surface area (Å²) < 4.78 is 13.2. The molecule has 0 saturated heterocycles. The van der Waals surface area contributed by atoms with Crippen LogP contribution in [-0.4, -0.2) is 16.7 Å². The Morgan fingerprint density at radius 1 is 0.630 bits per heavy atom. The van der Waals surface area contributed by atoms with Crippen LogP contribution < -0.4 is 0 Å². The Labute approximate surface area is 156 Å². The summed E-state index contributed by atoms with van der Waals surface area (Å²) in [6.07, 6.45) is 0. The standard InChI is InChI=1S/C23H16FNO2/c24-19-13-11-16(12-14-19)15-25-22(26)20(17-7-3-1-4-8-17)21(23(25)27)18-9-5-2-6-10-18/h1-14H,15H2. The number of carbonyl (C=O) groups is 2. The van der Waals surface area contributed by atoms with Crippen molar-refractivity contribution in [3.05, 3.63) is 107 Å². The topological polar surface area (TPSA) is 37.4 Å². The number of hydrogen-bond acceptors (Lipinski definition) is 2. The summed E-state index contributed by atoms with van der Waals surface area (Å²) >= 11 is 0. The third-order valence-electron chi connectivity index (χ3n) is 4.55. The molecule has 0 N–H and O–H groups in total. The lowest BCUT2D eigenvalue weighted by molar-refractivity contribution is -0.136. The summed E-state index contributed by atoms with van der Waals surface area (Å²) in [6.45, 7) is 0.102. The van der Waals surface area contributed by atoms with Gasteiger partial charge in [0.1, 0.15) is 5.82 Å². The minimum Gasteiger partial charge on any atom is -0.270 e. The predicted molar refractivity (Wildman–Crippen MR) is 102 cm³/mol. The fourth-order valence-corrected chi connectivity index (χ4v) is 3.24. The van der Waals surface area contributed by atoms with Crippen LogP contribution in [-0.2, 0) is 16.1 Å². The van der Waals surface area contributed by atoms with Gasteiger partial charge in [0.15, 0.2) is 0 Å². The third-order valence-corrected chi connectivity index (χ3v) is 4.55. The maximum absolute atomic E-state index is 13.2. The van der Waals surface area contributed by atoms with Crippen LogP contribution in [0.1, 0.15) is 16.7 Å². The van der Waals surface area contributed by atoms with Crippen LogP contribution in [0.2, 0.25) is 0 Å². The molecule has 1 aliphatic rings. The molecule has 0 aromatic heterocycles. The zero-order valence-electron chi connectivity index (χ0n) is 14.4. The molecular weight excluding hydrogens is 341 g/mol. The van der Waals surface area contributed by atoms with Gasteiger partial charge in [-0.05, 0) is 28.8 Å². The molecule has 0 fully saturated rings. The van der Waals surface area contributed by atoms with Crippen molar-refractivity contribution in [1.82, 2.24) is 4.90 Å². The zero-order chi connectivity index (χ0) is 18.8. The Morgan fingerprint density at radius 3 is 1.52 bits per heavy atom. The molecule has 3 aromatic rings. The molecular formula is C23H16FNO2. The van der Waals surface area contributed by atoms with Crippen molar-refractivity contribution in [2.45, 2.75) is 6.54 Å². The third kappa shape index (κ3) is 3.17. The van der Waals surface area contributed by atoms with Crippen LogP contribution in [0.15, 0.2) is 84.9 Å². The summed E-state index contributed by atoms with van der Waals surface area (Å²) in [7, 11) is 0. The van der Waals surface area contributed by atoms with E-state index < -0.39 is 0 Å². The van der Waals surface area contributed by atoms with Crippen molar-refractivity contribution < 1.29 is 14.0 Å². The fourth-order valence-electron chi connectivity index (χ4n) is 3.24. The largest absolute Gasteiger partial charge is 0.270 e. The van der Waals surface area contributed by atoms with Crippen molar-refractivity contribution >= 4 is 23.0 Å². The molecule has 0 saturated carbocycles. The van der Waals surface area contributed by atoms with Crippen LogP contribution in [0.4, 0.5) is 4.39 Å². The van der Waals surface area contributed by atoms with E-state index in [2.05, 4.69) is 0 Å². The van der Waals surface area contributed by atoms with Gasteiger partial charge in [-0.3, -0.25) is 14.5 Å². The van der Waals surface area contributed by atoms with E-state index in [1.54, 1.807) is 12.1 Å². The number of carbonyl (C=O) groups excluding carboxylic acids is 2. The van der Waals surface area contributed by atoms with Crippen LogP contribution in [0.5, 0.6) is 0 Å². The molecule has 3 nitrogen and oxygen atoms in total. The molecule has 1 heterocycles. The molecule has 0 bridgehead atoms. The van der Waals surface area contributed by atoms with Crippen molar-refractivity contribution in [1.29, 1.82) is 0 Å². The number of benzene rings is 3. The van der Waals surface area contributed by atoms with Gasteiger partial charge in [0.05, 0.1) is 17.7 Å². The lowest BCUT2D eigenvalue weighted by atomic mass is 9.96. The highest BCUT2D eigenvalue weighted by Crippen LogP contribution is 2.36. The summed E-state index contributed by atoms with van der Waals surface area (Å²) in [5.74, 6) is -1.03. The highest BCUT2D eigenvalue weighted by Gasteiger charge is 2.39. The van der Waals surface area contributed by atoms with E-state index in [9.17, 15) is 14.0 Å². The van der Waals surface area contributed by atoms with E-state index >= 15 is 0 Å². The molecule has 2 amide bonds. The van der Waals surface area contributed by atoms with Crippen LogP contribution in [0.3, 0.4) is 0 Å². The molecule has 3 aromatic carbocycles. The van der Waals surface area contributed by atoms with Gasteiger partial charge >= 0.3 is 0 Å². The molecule has 0 atom stereocenters. The normalized spacial score (nSPS) is 14.2. The average molecular weight is 357 g/mol. The number of nitrogens with zero attached hydrogens (tertiary/aromatic N) is 1. The number of rotatable bonds is 4. The zero-order valence-corrected chi connectivity index (χ0v) is 14.4. The lowest BCUT2D eigenvalue weighted by Crippen LogP contribution is -2.31. The summed E-state index contributed by atoms with van der Waals surface area (Å²) in [5, 5.41) is 0. The van der Waals surface area contributed by atoms with Crippen LogP contribution >= 0.6 is 0 Å². The first-order chi connectivity index (χ1) is 13.1. The van der Waals surface area contributed by atoms with Gasteiger partial charge in [-0.25, -0.2) is 4.39 Å². The molecule has 0 radical (unpaired) electrons. The van der Waals surface area contributed by atoms with E-state index in [-0.39, 0.29) is 24.2 Å². The number of amides is 2. The smallest absolute Gasteiger partial charge is 0.262 e. The predicted octanol–water partition coefficient (Wildman–Crippen LogP) is 4.31. The van der Waals surface area contributed by atoms with Crippen molar-refractivity contribution in [2.24, 2.45) is 0 Å². The van der Waals surface area contributed by atoms with E-state index in [0.29, 0.717) is 27.8 Å². The Balaban J connectivity index is 1.79. The molecule has 0 unspecified atom stereocenters. The van der Waals surface area contributed by atoms with E-state index in [4.69, 9.17) is 0 Å². The van der Waals surface area contributed by atoms with Gasteiger partial charge in [-0.1, -0.05) is 72.8 Å². The second-order valence-corrected chi connectivity index (χ2v) is 6.30. The van der Waals surface area contributed by atoms with Crippen molar-refractivity contribution in [3.63, 3.8) is 0 Å². The molecule has 4 heteroatoms. The van der Waals surface area contributed by atoms with Crippen molar-refractivity contribution in [2.75, 3.05) is 0 Å². The molecule has 1 aliphatic heterocycles. The Bertz CT molecular complexity index is 963. The number of hydrogen-bond donors (Lipinski definition) is 0. The van der Waals surface area contributed by atoms with Crippen LogP contribution in [0.25, 0.3) is 11.1 Å². The second kappa shape index (κ2) is 7.00. The van der Waals surface area contributed by atoms with Gasteiger partial charge in [0.2, 0.25) is 0 Å². The van der Waals surface area contributed by atoms with E-state index in [1.165, 1.54) is 17.0 Å². The summed E-state index contributed by atoms with van der Waals surface area (Å²) in [6, 6.07) is 24.2. The van der Waals surface area contributed by atoms with Crippen LogP contribution in [0, 0.1) is 5.82 Å². The van der Waals surface area contributed by atoms with Gasteiger partial charge in [-0.15, -0.1) is 0 Å². The van der Waals surface area contributed by atoms with E-state index in [1.807, 2.05) is 60.7 Å². The van der Waals surface area contributed by atoms with Gasteiger partial charge in [0.25, 0.3) is 11.8 Å². The fraction of sp³-hybridized carbons (Fsp3) is 0.0435. The van der Waals surface area contributed by atoms with E-state index in [0.717, 1.165) is 0 Å². The number of halogens is 1. The lowest BCUT2D eigenvalue weighted by Gasteiger charge is -2.15. The quantitative estimate of drug-likeness (QED) is 0.653. The minimum absolute atomic E-state index is 0.102.